The van der Waals surface area contributed by atoms with Gasteiger partial charge in [0.15, 0.2) is 0 Å². The Hall–Kier alpha value is -0.770. The fourth-order valence-corrected chi connectivity index (χ4v) is 2.42. The minimum atomic E-state index is 0.728. The van der Waals surface area contributed by atoms with Crippen molar-refractivity contribution in [3.05, 3.63) is 16.2 Å². The zero-order valence-electron chi connectivity index (χ0n) is 12.3. The van der Waals surface area contributed by atoms with E-state index in [9.17, 15) is 0 Å². The van der Waals surface area contributed by atoms with Crippen LogP contribution in [0.15, 0.2) is 10.7 Å². The van der Waals surface area contributed by atoms with Crippen LogP contribution < -0.4 is 11.1 Å². The summed E-state index contributed by atoms with van der Waals surface area (Å²) in [5, 5.41) is 3.37. The average Bonchev–Trinajstić information content (AvgIpc) is 2.37. The highest BCUT2D eigenvalue weighted by atomic mass is 79.9. The number of hydrogen-bond acceptors (Lipinski definition) is 3. The first-order chi connectivity index (χ1) is 9.02. The summed E-state index contributed by atoms with van der Waals surface area (Å²) in [6.45, 7) is 7.54. The van der Waals surface area contributed by atoms with E-state index in [1.165, 1.54) is 32.1 Å². The quantitative estimate of drug-likeness (QED) is 0.677. The molecule has 0 saturated heterocycles. The summed E-state index contributed by atoms with van der Waals surface area (Å²) in [4.78, 5) is 4.31. The first-order valence-electron chi connectivity index (χ1n) is 7.16. The third-order valence-corrected chi connectivity index (χ3v) is 4.27. The van der Waals surface area contributed by atoms with Crippen LogP contribution in [0.1, 0.15) is 51.5 Å². The molecule has 0 atom stereocenters. The molecule has 0 saturated carbocycles. The van der Waals surface area contributed by atoms with Gasteiger partial charge in [-0.1, -0.05) is 39.5 Å². The molecule has 108 valence electrons. The molecule has 4 heteroatoms. The molecule has 0 radical (unpaired) electrons. The first kappa shape index (κ1) is 16.3. The SMILES string of the molecule is Cc1c(N)cnc(NCCCCCCC(C)C)c1Br. The number of nitrogen functional groups attached to an aromatic ring is 1. The van der Waals surface area contributed by atoms with Crippen molar-refractivity contribution in [1.82, 2.24) is 4.98 Å². The number of halogens is 1. The second-order valence-corrected chi connectivity index (χ2v) is 6.32. The molecule has 3 nitrogen and oxygen atoms in total. The predicted molar refractivity (Wildman–Crippen MR) is 87.5 cm³/mol. The predicted octanol–water partition coefficient (Wildman–Crippen LogP) is 4.75. The van der Waals surface area contributed by atoms with E-state index in [2.05, 4.69) is 40.1 Å². The second kappa shape index (κ2) is 8.41. The van der Waals surface area contributed by atoms with E-state index in [-0.39, 0.29) is 0 Å². The van der Waals surface area contributed by atoms with Crippen LogP contribution in [-0.4, -0.2) is 11.5 Å². The van der Waals surface area contributed by atoms with E-state index >= 15 is 0 Å². The zero-order valence-corrected chi connectivity index (χ0v) is 13.9. The highest BCUT2D eigenvalue weighted by Crippen LogP contribution is 2.27. The number of nitrogens with one attached hydrogen (secondary N) is 1. The van der Waals surface area contributed by atoms with Gasteiger partial charge in [0.25, 0.3) is 0 Å². The van der Waals surface area contributed by atoms with Gasteiger partial charge >= 0.3 is 0 Å². The minimum absolute atomic E-state index is 0.728. The zero-order chi connectivity index (χ0) is 14.3. The highest BCUT2D eigenvalue weighted by Gasteiger charge is 2.06. The summed E-state index contributed by atoms with van der Waals surface area (Å²) >= 11 is 3.54. The van der Waals surface area contributed by atoms with Crippen molar-refractivity contribution in [2.75, 3.05) is 17.6 Å². The molecule has 0 aliphatic rings. The summed E-state index contributed by atoms with van der Waals surface area (Å²) in [7, 11) is 0. The van der Waals surface area contributed by atoms with Crippen molar-refractivity contribution in [2.45, 2.75) is 52.9 Å². The third kappa shape index (κ3) is 5.81. The van der Waals surface area contributed by atoms with Crippen LogP contribution in [0, 0.1) is 12.8 Å². The summed E-state index contributed by atoms with van der Waals surface area (Å²) in [5.41, 5.74) is 7.58. The van der Waals surface area contributed by atoms with E-state index in [1.54, 1.807) is 6.20 Å². The van der Waals surface area contributed by atoms with Crippen molar-refractivity contribution in [3.63, 3.8) is 0 Å². The molecule has 1 aromatic heterocycles. The van der Waals surface area contributed by atoms with Gasteiger partial charge in [-0.15, -0.1) is 0 Å². The number of rotatable bonds is 8. The molecule has 1 heterocycles. The Morgan fingerprint density at radius 1 is 1.26 bits per heavy atom. The van der Waals surface area contributed by atoms with Gasteiger partial charge in [0.05, 0.1) is 16.4 Å². The molecule has 0 aliphatic heterocycles. The number of hydrogen-bond donors (Lipinski definition) is 2. The van der Waals surface area contributed by atoms with E-state index in [4.69, 9.17) is 5.73 Å². The standard InChI is InChI=1S/C15H26BrN3/c1-11(2)8-6-4-5-7-9-18-15-14(16)12(3)13(17)10-19-15/h10-11H,4-9,17H2,1-3H3,(H,18,19). The van der Waals surface area contributed by atoms with E-state index in [0.717, 1.165) is 34.0 Å². The number of nitrogens with zero attached hydrogens (tertiary/aromatic N) is 1. The minimum Gasteiger partial charge on any atom is -0.397 e. The largest absolute Gasteiger partial charge is 0.397 e. The van der Waals surface area contributed by atoms with E-state index in [0.29, 0.717) is 0 Å². The number of nitrogens with two attached hydrogens (primary N) is 1. The lowest BCUT2D eigenvalue weighted by atomic mass is 10.0. The number of unbranched alkanes of at least 4 members (excludes halogenated alkanes) is 3. The normalized spacial score (nSPS) is 11.0. The summed E-state index contributed by atoms with van der Waals surface area (Å²) in [6, 6.07) is 0. The Kier molecular flexibility index (Phi) is 7.21. The molecule has 0 aliphatic carbocycles. The summed E-state index contributed by atoms with van der Waals surface area (Å²) in [5.74, 6) is 1.73. The molecular formula is C15H26BrN3. The molecule has 1 aromatic rings. The van der Waals surface area contributed by atoms with Gasteiger partial charge in [-0.3, -0.25) is 0 Å². The monoisotopic (exact) mass is 327 g/mol. The van der Waals surface area contributed by atoms with Crippen LogP contribution in [0.3, 0.4) is 0 Å². The van der Waals surface area contributed by atoms with Crippen LogP contribution in [-0.2, 0) is 0 Å². The maximum Gasteiger partial charge on any atom is 0.140 e. The smallest absolute Gasteiger partial charge is 0.140 e. The molecule has 19 heavy (non-hydrogen) atoms. The van der Waals surface area contributed by atoms with Crippen LogP contribution in [0.5, 0.6) is 0 Å². The maximum absolute atomic E-state index is 5.80. The van der Waals surface area contributed by atoms with Crippen LogP contribution in [0.25, 0.3) is 0 Å². The molecule has 0 spiro atoms. The molecule has 0 unspecified atom stereocenters. The van der Waals surface area contributed by atoms with E-state index < -0.39 is 0 Å². The molecule has 3 N–H and O–H groups in total. The van der Waals surface area contributed by atoms with Gasteiger partial charge < -0.3 is 11.1 Å². The lowest BCUT2D eigenvalue weighted by Gasteiger charge is -2.10. The van der Waals surface area contributed by atoms with Gasteiger partial charge in [0, 0.05) is 6.54 Å². The Balaban J connectivity index is 2.21. The Bertz CT molecular complexity index is 391. The van der Waals surface area contributed by atoms with Crippen molar-refractivity contribution >= 4 is 27.4 Å². The summed E-state index contributed by atoms with van der Waals surface area (Å²) < 4.78 is 0.979. The topological polar surface area (TPSA) is 50.9 Å². The van der Waals surface area contributed by atoms with Crippen molar-refractivity contribution in [3.8, 4) is 0 Å². The lowest BCUT2D eigenvalue weighted by molar-refractivity contribution is 0.523. The Morgan fingerprint density at radius 3 is 2.63 bits per heavy atom. The van der Waals surface area contributed by atoms with E-state index in [1.807, 2.05) is 6.92 Å². The number of aromatic nitrogens is 1. The van der Waals surface area contributed by atoms with Crippen molar-refractivity contribution in [2.24, 2.45) is 5.92 Å². The number of pyridine rings is 1. The van der Waals surface area contributed by atoms with Crippen LogP contribution >= 0.6 is 15.9 Å². The molecular weight excluding hydrogens is 302 g/mol. The fourth-order valence-electron chi connectivity index (χ4n) is 1.95. The molecule has 1 rings (SSSR count). The van der Waals surface area contributed by atoms with Crippen LogP contribution in [0.4, 0.5) is 11.5 Å². The average molecular weight is 328 g/mol. The van der Waals surface area contributed by atoms with Crippen LogP contribution in [0.2, 0.25) is 0 Å². The maximum atomic E-state index is 5.80. The third-order valence-electron chi connectivity index (χ3n) is 3.30. The van der Waals surface area contributed by atoms with Crippen molar-refractivity contribution in [1.29, 1.82) is 0 Å². The second-order valence-electron chi connectivity index (χ2n) is 5.52. The van der Waals surface area contributed by atoms with Gasteiger partial charge in [-0.05, 0) is 40.8 Å². The van der Waals surface area contributed by atoms with Crippen molar-refractivity contribution < 1.29 is 0 Å². The van der Waals surface area contributed by atoms with Gasteiger partial charge in [0.2, 0.25) is 0 Å². The highest BCUT2D eigenvalue weighted by molar-refractivity contribution is 9.10. The Morgan fingerprint density at radius 2 is 1.95 bits per heavy atom. The molecule has 0 fully saturated rings. The molecule has 0 bridgehead atoms. The molecule has 0 aromatic carbocycles. The lowest BCUT2D eigenvalue weighted by Crippen LogP contribution is -2.06. The Labute approximate surface area is 125 Å². The van der Waals surface area contributed by atoms with Gasteiger partial charge in [-0.2, -0.15) is 0 Å². The van der Waals surface area contributed by atoms with Gasteiger partial charge in [0.1, 0.15) is 5.82 Å². The first-order valence-corrected chi connectivity index (χ1v) is 7.96. The number of anilines is 2. The fraction of sp³-hybridized carbons (Fsp3) is 0.667. The van der Waals surface area contributed by atoms with Gasteiger partial charge in [-0.25, -0.2) is 4.98 Å². The summed E-state index contributed by atoms with van der Waals surface area (Å²) in [6.07, 6.45) is 8.21. The molecule has 0 amide bonds.